The SMILES string of the molecule is CC(C)Cc1c(F)cnc2cc(Cn3cccc(NC(=O)CCC/C=C/C(=O)N(C)C)c3=O)[nH]c12.CNCCOC=O. The van der Waals surface area contributed by atoms with E-state index in [1.54, 1.807) is 45.5 Å². The van der Waals surface area contributed by atoms with Crippen LogP contribution in [0.5, 0.6) is 0 Å². The summed E-state index contributed by atoms with van der Waals surface area (Å²) >= 11 is 0. The molecule has 0 fully saturated rings. The predicted molar refractivity (Wildman–Crippen MR) is 161 cm³/mol. The van der Waals surface area contributed by atoms with Crippen LogP contribution in [-0.2, 0) is 32.1 Å². The molecule has 12 heteroatoms. The number of nitrogens with zero attached hydrogens (tertiary/aromatic N) is 3. The largest absolute Gasteiger partial charge is 0.467 e. The van der Waals surface area contributed by atoms with Crippen molar-refractivity contribution >= 4 is 35.0 Å². The molecule has 0 radical (unpaired) electrons. The molecule has 11 nitrogen and oxygen atoms in total. The molecule has 0 aromatic carbocycles. The second-order valence-electron chi connectivity index (χ2n) is 10.2. The van der Waals surface area contributed by atoms with E-state index >= 15 is 0 Å². The minimum Gasteiger partial charge on any atom is -0.467 e. The van der Waals surface area contributed by atoms with Gasteiger partial charge in [0.15, 0.2) is 0 Å². The molecular weight excluding hydrogens is 543 g/mol. The molecule has 3 heterocycles. The first-order valence-electron chi connectivity index (χ1n) is 13.8. The van der Waals surface area contributed by atoms with Gasteiger partial charge in [-0.1, -0.05) is 19.9 Å². The normalized spacial score (nSPS) is 10.9. The molecular formula is C30H41FN6O5. The van der Waals surface area contributed by atoms with Crippen molar-refractivity contribution in [3.8, 4) is 0 Å². The summed E-state index contributed by atoms with van der Waals surface area (Å²) in [4.78, 5) is 55.0. The number of carbonyl (C=O) groups excluding carboxylic acids is 3. The molecule has 0 saturated heterocycles. The molecule has 3 rings (SSSR count). The van der Waals surface area contributed by atoms with Crippen LogP contribution < -0.4 is 16.2 Å². The van der Waals surface area contributed by atoms with Gasteiger partial charge in [0.2, 0.25) is 11.8 Å². The molecule has 3 aromatic heterocycles. The molecule has 0 aliphatic rings. The zero-order valence-electron chi connectivity index (χ0n) is 24.9. The highest BCUT2D eigenvalue weighted by Gasteiger charge is 2.14. The molecule has 2 amide bonds. The molecule has 0 unspecified atom stereocenters. The van der Waals surface area contributed by atoms with E-state index in [9.17, 15) is 23.6 Å². The maximum absolute atomic E-state index is 14.4. The average molecular weight is 585 g/mol. The lowest BCUT2D eigenvalue weighted by Crippen LogP contribution is -2.25. The Hall–Kier alpha value is -4.32. The topological polar surface area (TPSA) is 138 Å². The van der Waals surface area contributed by atoms with Gasteiger partial charge in [0.1, 0.15) is 18.1 Å². The Morgan fingerprint density at radius 2 is 2.05 bits per heavy atom. The van der Waals surface area contributed by atoms with Gasteiger partial charge in [-0.15, -0.1) is 0 Å². The Balaban J connectivity index is 0.000000782. The number of ether oxygens (including phenoxy) is 1. The number of aromatic amines is 1. The van der Waals surface area contributed by atoms with Crippen LogP contribution in [0.15, 0.2) is 47.5 Å². The van der Waals surface area contributed by atoms with E-state index in [0.29, 0.717) is 54.6 Å². The smallest absolute Gasteiger partial charge is 0.293 e. The number of amides is 2. The fraction of sp³-hybridized carbons (Fsp3) is 0.433. The third kappa shape index (κ3) is 10.9. The summed E-state index contributed by atoms with van der Waals surface area (Å²) < 4.78 is 20.2. The summed E-state index contributed by atoms with van der Waals surface area (Å²) in [5.41, 5.74) is 2.45. The number of nitrogens with one attached hydrogen (secondary N) is 3. The molecule has 228 valence electrons. The summed E-state index contributed by atoms with van der Waals surface area (Å²) in [7, 11) is 5.14. The quantitative estimate of drug-likeness (QED) is 0.150. The third-order valence-electron chi connectivity index (χ3n) is 6.02. The standard InChI is InChI=1S/C26H32FN5O3.C4H9NO2/c1-17(2)13-19-20(27)15-28-22-14-18(29-25(19)22)16-32-12-8-9-21(26(32)35)30-23(33)10-6-5-7-11-24(34)31(3)4;1-5-2-3-7-4-6/h7-9,11-12,14-15,17,29H,5-6,10,13,16H2,1-4H3,(H,30,33);4-5H,2-3H2,1H3/b11-7+;. The number of hydrogen-bond donors (Lipinski definition) is 3. The molecule has 3 aromatic rings. The number of fused-ring (bicyclic) bond motifs is 1. The van der Waals surface area contributed by atoms with Gasteiger partial charge < -0.3 is 29.8 Å². The summed E-state index contributed by atoms with van der Waals surface area (Å²) in [6, 6.07) is 5.07. The summed E-state index contributed by atoms with van der Waals surface area (Å²) in [6.07, 6.45) is 8.03. The number of carbonyl (C=O) groups is 3. The van der Waals surface area contributed by atoms with Gasteiger partial charge in [0.05, 0.1) is 23.8 Å². The molecule has 0 bridgehead atoms. The molecule has 0 saturated carbocycles. The number of hydrogen-bond acceptors (Lipinski definition) is 7. The van der Waals surface area contributed by atoms with Gasteiger partial charge in [-0.05, 0) is 56.5 Å². The number of likely N-dealkylation sites (N-methyl/N-ethyl adjacent to an activating group) is 2. The van der Waals surface area contributed by atoms with Crippen molar-refractivity contribution in [2.24, 2.45) is 5.92 Å². The fourth-order valence-electron chi connectivity index (χ4n) is 3.92. The van der Waals surface area contributed by atoms with Crippen LogP contribution in [-0.4, -0.2) is 72.0 Å². The van der Waals surface area contributed by atoms with Crippen molar-refractivity contribution in [2.45, 2.75) is 46.1 Å². The van der Waals surface area contributed by atoms with Crippen molar-refractivity contribution in [2.75, 3.05) is 39.6 Å². The number of halogens is 1. The molecule has 0 spiro atoms. The number of aromatic nitrogens is 3. The maximum atomic E-state index is 14.4. The van der Waals surface area contributed by atoms with Crippen LogP contribution in [0.3, 0.4) is 0 Å². The van der Waals surface area contributed by atoms with Gasteiger partial charge in [0.25, 0.3) is 12.0 Å². The number of pyridine rings is 2. The van der Waals surface area contributed by atoms with Crippen molar-refractivity contribution in [1.29, 1.82) is 0 Å². The zero-order chi connectivity index (χ0) is 31.1. The number of anilines is 1. The van der Waals surface area contributed by atoms with Crippen LogP contribution in [0.4, 0.5) is 10.1 Å². The molecule has 0 aliphatic heterocycles. The minimum absolute atomic E-state index is 0.105. The van der Waals surface area contributed by atoms with Crippen LogP contribution in [0.1, 0.15) is 44.4 Å². The monoisotopic (exact) mass is 584 g/mol. The molecule has 0 atom stereocenters. The van der Waals surface area contributed by atoms with E-state index in [0.717, 1.165) is 6.54 Å². The maximum Gasteiger partial charge on any atom is 0.293 e. The lowest BCUT2D eigenvalue weighted by molar-refractivity contribution is -0.128. The zero-order valence-corrected chi connectivity index (χ0v) is 24.9. The predicted octanol–water partition coefficient (Wildman–Crippen LogP) is 3.24. The first kappa shape index (κ1) is 33.9. The fourth-order valence-corrected chi connectivity index (χ4v) is 3.92. The highest BCUT2D eigenvalue weighted by atomic mass is 19.1. The molecule has 42 heavy (non-hydrogen) atoms. The van der Waals surface area contributed by atoms with Crippen molar-refractivity contribution < 1.29 is 23.5 Å². The number of rotatable bonds is 14. The number of unbranched alkanes of at least 4 members (excludes halogenated alkanes) is 1. The van der Waals surface area contributed by atoms with Crippen LogP contribution in [0.25, 0.3) is 11.0 Å². The van der Waals surface area contributed by atoms with E-state index in [4.69, 9.17) is 0 Å². The summed E-state index contributed by atoms with van der Waals surface area (Å²) in [5, 5.41) is 5.49. The van der Waals surface area contributed by atoms with Crippen LogP contribution in [0.2, 0.25) is 0 Å². The number of H-pyrrole nitrogens is 1. The Bertz CT molecular complexity index is 1410. The van der Waals surface area contributed by atoms with Gasteiger partial charge in [-0.25, -0.2) is 4.39 Å². The van der Waals surface area contributed by atoms with Gasteiger partial charge >= 0.3 is 0 Å². The second kappa shape index (κ2) is 17.5. The molecule has 3 N–H and O–H groups in total. The highest BCUT2D eigenvalue weighted by Crippen LogP contribution is 2.23. The highest BCUT2D eigenvalue weighted by molar-refractivity contribution is 5.90. The van der Waals surface area contributed by atoms with Crippen LogP contribution >= 0.6 is 0 Å². The second-order valence-corrected chi connectivity index (χ2v) is 10.2. The Kier molecular flexibility index (Phi) is 14.1. The Labute approximate surface area is 245 Å². The van der Waals surface area contributed by atoms with E-state index in [-0.39, 0.29) is 47.8 Å². The summed E-state index contributed by atoms with van der Waals surface area (Å²) in [6.45, 7) is 5.90. The van der Waals surface area contributed by atoms with Gasteiger partial charge in [-0.3, -0.25) is 24.2 Å². The Morgan fingerprint density at radius 3 is 2.71 bits per heavy atom. The van der Waals surface area contributed by atoms with E-state index < -0.39 is 0 Å². The van der Waals surface area contributed by atoms with E-state index in [1.165, 1.54) is 21.7 Å². The van der Waals surface area contributed by atoms with Gasteiger partial charge in [0, 0.05) is 44.5 Å². The number of allylic oxidation sites excluding steroid dienone is 1. The van der Waals surface area contributed by atoms with E-state index in [1.807, 2.05) is 19.9 Å². The first-order chi connectivity index (χ1) is 20.1. The van der Waals surface area contributed by atoms with E-state index in [2.05, 4.69) is 25.3 Å². The van der Waals surface area contributed by atoms with Gasteiger partial charge in [-0.2, -0.15) is 0 Å². The van der Waals surface area contributed by atoms with Crippen molar-refractivity contribution in [1.82, 2.24) is 24.8 Å². The van der Waals surface area contributed by atoms with Crippen molar-refractivity contribution in [3.63, 3.8) is 0 Å². The summed E-state index contributed by atoms with van der Waals surface area (Å²) in [5.74, 6) is -0.440. The molecule has 0 aliphatic carbocycles. The Morgan fingerprint density at radius 1 is 1.29 bits per heavy atom. The third-order valence-corrected chi connectivity index (χ3v) is 6.02. The lowest BCUT2D eigenvalue weighted by Gasteiger charge is -2.09. The first-order valence-corrected chi connectivity index (χ1v) is 13.8. The minimum atomic E-state index is -0.346. The van der Waals surface area contributed by atoms with Crippen molar-refractivity contribution in [3.05, 3.63) is 70.2 Å². The lowest BCUT2D eigenvalue weighted by atomic mass is 10.0. The van der Waals surface area contributed by atoms with Crippen LogP contribution in [0, 0.1) is 11.7 Å². The average Bonchev–Trinajstić information content (AvgIpc) is 3.35.